The zero-order valence-corrected chi connectivity index (χ0v) is 11.0. The minimum Gasteiger partial charge on any atom is -0.353 e. The Balaban J connectivity index is 2.43. The van der Waals surface area contributed by atoms with Crippen molar-refractivity contribution in [2.24, 2.45) is 17.8 Å². The molecule has 4 atom stereocenters. The maximum atomic E-state index is 11.9. The summed E-state index contributed by atoms with van der Waals surface area (Å²) in [6, 6.07) is 0.385. The Morgan fingerprint density at radius 1 is 1.38 bits per heavy atom. The van der Waals surface area contributed by atoms with E-state index in [9.17, 15) is 4.79 Å². The van der Waals surface area contributed by atoms with E-state index in [0.29, 0.717) is 12.0 Å². The molecule has 94 valence electrons. The zero-order valence-electron chi connectivity index (χ0n) is 11.0. The summed E-state index contributed by atoms with van der Waals surface area (Å²) in [7, 11) is 1.88. The third kappa shape index (κ3) is 3.48. The topological polar surface area (TPSA) is 41.1 Å². The second-order valence-electron chi connectivity index (χ2n) is 5.34. The first-order chi connectivity index (χ1) is 7.56. The molecule has 3 nitrogen and oxygen atoms in total. The number of carbonyl (C=O) groups excluding carboxylic acids is 1. The van der Waals surface area contributed by atoms with Gasteiger partial charge in [0, 0.05) is 18.5 Å². The van der Waals surface area contributed by atoms with Crippen LogP contribution in [0.5, 0.6) is 0 Å². The predicted octanol–water partition coefficient (Wildman–Crippen LogP) is 1.78. The minimum absolute atomic E-state index is 0.0643. The molecule has 0 spiro atoms. The molecule has 1 fully saturated rings. The lowest BCUT2D eigenvalue weighted by Crippen LogP contribution is -2.46. The van der Waals surface area contributed by atoms with Gasteiger partial charge in [0.05, 0.1) is 0 Å². The van der Waals surface area contributed by atoms with Gasteiger partial charge < -0.3 is 10.6 Å². The van der Waals surface area contributed by atoms with Crippen LogP contribution in [0.4, 0.5) is 0 Å². The molecule has 2 N–H and O–H groups in total. The van der Waals surface area contributed by atoms with E-state index in [4.69, 9.17) is 0 Å². The third-order valence-corrected chi connectivity index (χ3v) is 3.99. The van der Waals surface area contributed by atoms with Crippen LogP contribution < -0.4 is 10.6 Å². The van der Waals surface area contributed by atoms with Crippen LogP contribution in [-0.2, 0) is 4.79 Å². The van der Waals surface area contributed by atoms with Crippen molar-refractivity contribution >= 4 is 5.91 Å². The van der Waals surface area contributed by atoms with Gasteiger partial charge in [0.25, 0.3) is 0 Å². The second kappa shape index (κ2) is 6.24. The van der Waals surface area contributed by atoms with Crippen LogP contribution in [0.3, 0.4) is 0 Å². The highest BCUT2D eigenvalue weighted by atomic mass is 16.1. The Kier molecular flexibility index (Phi) is 5.26. The van der Waals surface area contributed by atoms with Crippen molar-refractivity contribution in [2.75, 3.05) is 13.6 Å². The highest BCUT2D eigenvalue weighted by Gasteiger charge is 2.28. The predicted molar refractivity (Wildman–Crippen MR) is 67.2 cm³/mol. The largest absolute Gasteiger partial charge is 0.353 e. The first kappa shape index (κ1) is 13.5. The molecule has 1 saturated carbocycles. The molecule has 0 radical (unpaired) electrons. The fourth-order valence-corrected chi connectivity index (χ4v) is 2.51. The maximum absolute atomic E-state index is 11.9. The summed E-state index contributed by atoms with van der Waals surface area (Å²) in [6.07, 6.45) is 3.69. The van der Waals surface area contributed by atoms with Gasteiger partial charge in [-0.25, -0.2) is 0 Å². The van der Waals surface area contributed by atoms with Crippen LogP contribution in [0.25, 0.3) is 0 Å². The molecule has 1 aliphatic rings. The van der Waals surface area contributed by atoms with Crippen LogP contribution in [0.1, 0.15) is 40.0 Å². The van der Waals surface area contributed by atoms with Crippen molar-refractivity contribution in [3.05, 3.63) is 0 Å². The summed E-state index contributed by atoms with van der Waals surface area (Å²) < 4.78 is 0. The van der Waals surface area contributed by atoms with Crippen LogP contribution >= 0.6 is 0 Å². The average Bonchev–Trinajstić information content (AvgIpc) is 2.25. The van der Waals surface area contributed by atoms with Crippen LogP contribution in [0, 0.1) is 17.8 Å². The summed E-state index contributed by atoms with van der Waals surface area (Å²) in [5.74, 6) is 1.60. The number of amides is 1. The molecular weight excluding hydrogens is 200 g/mol. The summed E-state index contributed by atoms with van der Waals surface area (Å²) >= 11 is 0. The van der Waals surface area contributed by atoms with Crippen LogP contribution in [0.2, 0.25) is 0 Å². The van der Waals surface area contributed by atoms with Gasteiger partial charge in [-0.1, -0.05) is 33.6 Å². The lowest BCUT2D eigenvalue weighted by atomic mass is 9.78. The van der Waals surface area contributed by atoms with Gasteiger partial charge in [0.2, 0.25) is 5.91 Å². The minimum atomic E-state index is 0.0643. The van der Waals surface area contributed by atoms with Crippen LogP contribution in [0.15, 0.2) is 0 Å². The Morgan fingerprint density at radius 3 is 2.69 bits per heavy atom. The first-order valence-corrected chi connectivity index (χ1v) is 6.51. The highest BCUT2D eigenvalue weighted by Crippen LogP contribution is 2.29. The van der Waals surface area contributed by atoms with E-state index in [2.05, 4.69) is 24.5 Å². The molecular formula is C13H26N2O. The normalized spacial score (nSPS) is 32.1. The highest BCUT2D eigenvalue weighted by molar-refractivity contribution is 5.78. The third-order valence-electron chi connectivity index (χ3n) is 3.99. The van der Waals surface area contributed by atoms with Crippen molar-refractivity contribution in [3.63, 3.8) is 0 Å². The molecule has 1 rings (SSSR count). The molecule has 0 aromatic heterocycles. The average molecular weight is 226 g/mol. The molecule has 0 aromatic carbocycles. The van der Waals surface area contributed by atoms with Crippen LogP contribution in [-0.4, -0.2) is 25.5 Å². The van der Waals surface area contributed by atoms with Crippen molar-refractivity contribution in [1.82, 2.24) is 10.6 Å². The molecule has 1 aliphatic carbocycles. The van der Waals surface area contributed by atoms with Gasteiger partial charge in [-0.3, -0.25) is 4.79 Å². The number of nitrogens with one attached hydrogen (secondary N) is 2. The van der Waals surface area contributed by atoms with E-state index in [1.165, 1.54) is 12.8 Å². The Morgan fingerprint density at radius 2 is 2.06 bits per heavy atom. The summed E-state index contributed by atoms with van der Waals surface area (Å²) in [6.45, 7) is 7.28. The maximum Gasteiger partial charge on any atom is 0.224 e. The monoisotopic (exact) mass is 226 g/mol. The molecule has 0 bridgehead atoms. The van der Waals surface area contributed by atoms with E-state index >= 15 is 0 Å². The molecule has 0 saturated heterocycles. The van der Waals surface area contributed by atoms with E-state index in [1.807, 2.05) is 14.0 Å². The molecule has 0 heterocycles. The van der Waals surface area contributed by atoms with Gasteiger partial charge in [0.15, 0.2) is 0 Å². The SMILES string of the molecule is CNCC(C)C(=O)NC1CCCC(C)C1C. The van der Waals surface area contributed by atoms with E-state index in [0.717, 1.165) is 18.9 Å². The summed E-state index contributed by atoms with van der Waals surface area (Å²) in [5, 5.41) is 6.25. The van der Waals surface area contributed by atoms with Crippen molar-refractivity contribution < 1.29 is 4.79 Å². The van der Waals surface area contributed by atoms with E-state index < -0.39 is 0 Å². The van der Waals surface area contributed by atoms with Gasteiger partial charge >= 0.3 is 0 Å². The number of hydrogen-bond donors (Lipinski definition) is 2. The lowest BCUT2D eigenvalue weighted by molar-refractivity contribution is -0.125. The molecule has 4 unspecified atom stereocenters. The zero-order chi connectivity index (χ0) is 12.1. The van der Waals surface area contributed by atoms with Crippen molar-refractivity contribution in [2.45, 2.75) is 46.1 Å². The van der Waals surface area contributed by atoms with Crippen molar-refractivity contribution in [1.29, 1.82) is 0 Å². The van der Waals surface area contributed by atoms with Gasteiger partial charge in [0.1, 0.15) is 0 Å². The fraction of sp³-hybridized carbons (Fsp3) is 0.923. The van der Waals surface area contributed by atoms with Gasteiger partial charge in [-0.05, 0) is 25.3 Å². The summed E-state index contributed by atoms with van der Waals surface area (Å²) in [5.41, 5.74) is 0. The Hall–Kier alpha value is -0.570. The Labute approximate surface area is 99.4 Å². The van der Waals surface area contributed by atoms with Gasteiger partial charge in [-0.15, -0.1) is 0 Å². The van der Waals surface area contributed by atoms with E-state index in [1.54, 1.807) is 0 Å². The summed E-state index contributed by atoms with van der Waals surface area (Å²) in [4.78, 5) is 11.9. The smallest absolute Gasteiger partial charge is 0.224 e. The molecule has 0 aromatic rings. The van der Waals surface area contributed by atoms with Gasteiger partial charge in [-0.2, -0.15) is 0 Å². The number of rotatable bonds is 4. The molecule has 16 heavy (non-hydrogen) atoms. The first-order valence-electron chi connectivity index (χ1n) is 6.51. The standard InChI is InChI=1S/C13H26N2O/c1-9-6-5-7-12(11(9)3)15-13(16)10(2)8-14-4/h9-12,14H,5-8H2,1-4H3,(H,15,16). The quantitative estimate of drug-likeness (QED) is 0.767. The molecule has 1 amide bonds. The Bertz CT molecular complexity index is 230. The second-order valence-corrected chi connectivity index (χ2v) is 5.34. The number of hydrogen-bond acceptors (Lipinski definition) is 2. The van der Waals surface area contributed by atoms with E-state index in [-0.39, 0.29) is 11.8 Å². The van der Waals surface area contributed by atoms with Crippen molar-refractivity contribution in [3.8, 4) is 0 Å². The molecule has 3 heteroatoms. The molecule has 0 aliphatic heterocycles. The fourth-order valence-electron chi connectivity index (χ4n) is 2.51. The number of carbonyl (C=O) groups is 1. The lowest BCUT2D eigenvalue weighted by Gasteiger charge is -2.35.